The summed E-state index contributed by atoms with van der Waals surface area (Å²) in [7, 11) is 2.07. The van der Waals surface area contributed by atoms with Gasteiger partial charge in [-0.25, -0.2) is 9.38 Å². The molecule has 0 N–H and O–H groups in total. The van der Waals surface area contributed by atoms with Gasteiger partial charge in [-0.3, -0.25) is 0 Å². The van der Waals surface area contributed by atoms with Crippen molar-refractivity contribution < 1.29 is 4.39 Å². The van der Waals surface area contributed by atoms with Crippen LogP contribution in [0.2, 0.25) is 0 Å². The molecule has 2 aromatic rings. The van der Waals surface area contributed by atoms with Crippen molar-refractivity contribution in [1.82, 2.24) is 4.90 Å². The van der Waals surface area contributed by atoms with Crippen LogP contribution < -0.4 is 0 Å². The molecule has 0 aromatic heterocycles. The molecule has 2 nitrogen and oxygen atoms in total. The van der Waals surface area contributed by atoms with Gasteiger partial charge in [0.05, 0.1) is 17.6 Å². The molecule has 1 aliphatic heterocycles. The molecule has 1 unspecified atom stereocenters. The highest BCUT2D eigenvalue weighted by atomic mass is 19.1. The van der Waals surface area contributed by atoms with Crippen LogP contribution in [0.4, 0.5) is 10.1 Å². The summed E-state index contributed by atoms with van der Waals surface area (Å²) >= 11 is 0. The Morgan fingerprint density at radius 2 is 1.74 bits per heavy atom. The predicted molar refractivity (Wildman–Crippen MR) is 111 cm³/mol. The number of hydrogen-bond donors (Lipinski definition) is 0. The maximum Gasteiger partial charge on any atom is 0.129 e. The molecule has 2 aromatic carbocycles. The molecule has 1 aliphatic carbocycles. The molecular formula is C24H29FN2. The average Bonchev–Trinajstić information content (AvgIpc) is 3.20. The fraction of sp³-hybridized carbons (Fsp3) is 0.458. The number of nitrogens with zero attached hydrogens (tertiary/aromatic N) is 2. The van der Waals surface area contributed by atoms with E-state index in [0.29, 0.717) is 11.5 Å². The van der Waals surface area contributed by atoms with Gasteiger partial charge in [-0.05, 0) is 80.3 Å². The normalized spacial score (nSPS) is 22.4. The fourth-order valence-corrected chi connectivity index (χ4v) is 4.91. The summed E-state index contributed by atoms with van der Waals surface area (Å²) in [6.45, 7) is 8.03. The molecule has 1 atom stereocenters. The van der Waals surface area contributed by atoms with E-state index in [-0.39, 0.29) is 11.4 Å². The summed E-state index contributed by atoms with van der Waals surface area (Å²) in [4.78, 5) is 6.86. The van der Waals surface area contributed by atoms with Crippen LogP contribution in [0.25, 0.3) is 0 Å². The summed E-state index contributed by atoms with van der Waals surface area (Å²) in [5.74, 6) is 0.570. The second-order valence-corrected chi connectivity index (χ2v) is 8.49. The van der Waals surface area contributed by atoms with Crippen LogP contribution in [-0.2, 0) is 5.54 Å². The second-order valence-electron chi connectivity index (χ2n) is 8.49. The zero-order valence-electron chi connectivity index (χ0n) is 17.1. The third-order valence-corrected chi connectivity index (χ3v) is 6.97. The minimum atomic E-state index is -0.362. The quantitative estimate of drug-likeness (QED) is 0.612. The number of aryl methyl sites for hydroxylation is 1. The third-order valence-electron chi connectivity index (χ3n) is 6.97. The summed E-state index contributed by atoms with van der Waals surface area (Å²) < 4.78 is 14.5. The van der Waals surface area contributed by atoms with E-state index in [9.17, 15) is 4.39 Å². The first-order valence-corrected chi connectivity index (χ1v) is 10.0. The topological polar surface area (TPSA) is 15.6 Å². The van der Waals surface area contributed by atoms with Crippen molar-refractivity contribution in [2.75, 3.05) is 7.05 Å². The van der Waals surface area contributed by atoms with Crippen LogP contribution in [0, 0.1) is 26.6 Å². The number of halogens is 1. The largest absolute Gasteiger partial charge is 0.352 e. The minimum absolute atomic E-state index is 0.0908. The van der Waals surface area contributed by atoms with E-state index >= 15 is 0 Å². The van der Waals surface area contributed by atoms with Crippen molar-refractivity contribution in [2.45, 2.75) is 64.8 Å². The number of fused-ring (bicyclic) bond motifs is 1. The Labute approximate surface area is 162 Å². The molecule has 0 radical (unpaired) electrons. The maximum absolute atomic E-state index is 14.5. The highest BCUT2D eigenvalue weighted by molar-refractivity contribution is 5.73. The molecule has 1 fully saturated rings. The molecule has 4 rings (SSSR count). The van der Waals surface area contributed by atoms with Crippen LogP contribution in [0.3, 0.4) is 0 Å². The van der Waals surface area contributed by atoms with Gasteiger partial charge in [-0.15, -0.1) is 0 Å². The molecule has 0 saturated heterocycles. The average molecular weight is 365 g/mol. The van der Waals surface area contributed by atoms with E-state index in [4.69, 9.17) is 0 Å². The zero-order valence-corrected chi connectivity index (χ0v) is 17.1. The Morgan fingerprint density at radius 1 is 1.04 bits per heavy atom. The lowest BCUT2D eigenvalue weighted by molar-refractivity contribution is 0.290. The number of rotatable bonds is 2. The Balaban J connectivity index is 1.93. The van der Waals surface area contributed by atoms with Crippen molar-refractivity contribution in [2.24, 2.45) is 4.99 Å². The van der Waals surface area contributed by atoms with Gasteiger partial charge in [0, 0.05) is 12.6 Å². The molecule has 142 valence electrons. The smallest absolute Gasteiger partial charge is 0.129 e. The van der Waals surface area contributed by atoms with E-state index in [0.717, 1.165) is 22.4 Å². The molecule has 2 aliphatic rings. The number of hydrogen-bond acceptors (Lipinski definition) is 2. The highest BCUT2D eigenvalue weighted by Crippen LogP contribution is 2.46. The van der Waals surface area contributed by atoms with Crippen LogP contribution in [0.1, 0.15) is 71.9 Å². The van der Waals surface area contributed by atoms with E-state index in [1.54, 1.807) is 0 Å². The van der Waals surface area contributed by atoms with Crippen LogP contribution in [-0.4, -0.2) is 18.3 Å². The molecule has 27 heavy (non-hydrogen) atoms. The third kappa shape index (κ3) is 2.70. The van der Waals surface area contributed by atoms with Crippen LogP contribution in [0.5, 0.6) is 0 Å². The predicted octanol–water partition coefficient (Wildman–Crippen LogP) is 6.28. The van der Waals surface area contributed by atoms with Crippen molar-refractivity contribution in [3.05, 3.63) is 63.5 Å². The van der Waals surface area contributed by atoms with Gasteiger partial charge in [0.15, 0.2) is 0 Å². The van der Waals surface area contributed by atoms with E-state index in [2.05, 4.69) is 42.1 Å². The first kappa shape index (κ1) is 18.2. The molecule has 0 spiro atoms. The Kier molecular flexibility index (Phi) is 4.37. The minimum Gasteiger partial charge on any atom is -0.352 e. The van der Waals surface area contributed by atoms with Gasteiger partial charge in [-0.2, -0.15) is 0 Å². The van der Waals surface area contributed by atoms with Crippen molar-refractivity contribution in [3.63, 3.8) is 0 Å². The molecule has 0 amide bonds. The van der Waals surface area contributed by atoms with Gasteiger partial charge in [0.1, 0.15) is 5.82 Å². The van der Waals surface area contributed by atoms with Crippen molar-refractivity contribution in [1.29, 1.82) is 0 Å². The molecule has 1 heterocycles. The first-order valence-electron chi connectivity index (χ1n) is 10.0. The van der Waals surface area contributed by atoms with E-state index < -0.39 is 0 Å². The first-order chi connectivity index (χ1) is 12.8. The van der Waals surface area contributed by atoms with Gasteiger partial charge in [0.2, 0.25) is 0 Å². The van der Waals surface area contributed by atoms with E-state index in [1.165, 1.54) is 36.8 Å². The standard InChI is InChI=1S/C24H29FN2/c1-15-12-20(16(2)17(3)23(15)25)24(4)21-13-19(18-8-6-7-9-18)10-11-22(21)26-14-27(24)5/h10-14,18H,6-9H2,1-5H3. The lowest BCUT2D eigenvalue weighted by Gasteiger charge is -2.43. The monoisotopic (exact) mass is 364 g/mol. The van der Waals surface area contributed by atoms with Gasteiger partial charge < -0.3 is 4.90 Å². The second kappa shape index (κ2) is 6.47. The Morgan fingerprint density at radius 3 is 2.44 bits per heavy atom. The number of aliphatic imine (C=N–C) groups is 1. The Hall–Kier alpha value is -2.16. The maximum atomic E-state index is 14.5. The lowest BCUT2D eigenvalue weighted by Crippen LogP contribution is -2.44. The lowest BCUT2D eigenvalue weighted by atomic mass is 9.77. The van der Waals surface area contributed by atoms with Gasteiger partial charge in [0.25, 0.3) is 0 Å². The molecule has 3 heteroatoms. The SMILES string of the molecule is Cc1cc(C2(C)c3cc(C4CCCC4)ccc3N=CN2C)c(C)c(C)c1F. The van der Waals surface area contributed by atoms with Gasteiger partial charge >= 0.3 is 0 Å². The van der Waals surface area contributed by atoms with Crippen LogP contribution in [0.15, 0.2) is 29.3 Å². The molecule has 0 bridgehead atoms. The van der Waals surface area contributed by atoms with Crippen LogP contribution >= 0.6 is 0 Å². The molecule has 1 saturated carbocycles. The summed E-state index contributed by atoms with van der Waals surface area (Å²) in [5, 5.41) is 0. The zero-order chi connectivity index (χ0) is 19.3. The highest BCUT2D eigenvalue weighted by Gasteiger charge is 2.39. The fourth-order valence-electron chi connectivity index (χ4n) is 4.91. The Bertz CT molecular complexity index is 924. The van der Waals surface area contributed by atoms with E-state index in [1.807, 2.05) is 33.2 Å². The van der Waals surface area contributed by atoms with Gasteiger partial charge in [-0.1, -0.05) is 31.0 Å². The number of benzene rings is 2. The summed E-state index contributed by atoms with van der Waals surface area (Å²) in [6, 6.07) is 8.82. The van der Waals surface area contributed by atoms with Crippen molar-refractivity contribution >= 4 is 12.0 Å². The summed E-state index contributed by atoms with van der Waals surface area (Å²) in [6.07, 6.45) is 7.12. The van der Waals surface area contributed by atoms with Crippen molar-refractivity contribution in [3.8, 4) is 0 Å². The summed E-state index contributed by atoms with van der Waals surface area (Å²) in [5.41, 5.74) is 6.96. The molecular weight excluding hydrogens is 335 g/mol.